The topological polar surface area (TPSA) is 68.7 Å². The maximum absolute atomic E-state index is 14.1. The zero-order valence-corrected chi connectivity index (χ0v) is 13.7. The van der Waals surface area contributed by atoms with Crippen LogP contribution >= 0.6 is 0 Å². The first kappa shape index (κ1) is 16.2. The van der Waals surface area contributed by atoms with Gasteiger partial charge in [0.25, 0.3) is 0 Å². The van der Waals surface area contributed by atoms with Crippen LogP contribution in [0.1, 0.15) is 12.5 Å². The zero-order chi connectivity index (χ0) is 17.1. The van der Waals surface area contributed by atoms with Crippen molar-refractivity contribution in [2.75, 3.05) is 24.7 Å². The van der Waals surface area contributed by atoms with Gasteiger partial charge in [0.2, 0.25) is 0 Å². The molecule has 2 aromatic rings. The zero-order valence-electron chi connectivity index (χ0n) is 13.7. The van der Waals surface area contributed by atoms with Gasteiger partial charge in [-0.1, -0.05) is 0 Å². The normalized spacial score (nSPS) is 14.4. The Kier molecular flexibility index (Phi) is 4.61. The summed E-state index contributed by atoms with van der Waals surface area (Å²) in [5.41, 5.74) is 8.80. The fourth-order valence-corrected chi connectivity index (χ4v) is 2.57. The van der Waals surface area contributed by atoms with Gasteiger partial charge in [-0.3, -0.25) is 9.67 Å². The highest BCUT2D eigenvalue weighted by molar-refractivity contribution is 6.13. The molecule has 24 heavy (non-hydrogen) atoms. The summed E-state index contributed by atoms with van der Waals surface area (Å²) in [6, 6.07) is 4.87. The molecule has 126 valence electrons. The van der Waals surface area contributed by atoms with Gasteiger partial charge in [-0.15, -0.1) is 0 Å². The van der Waals surface area contributed by atoms with Crippen LogP contribution in [0.4, 0.5) is 10.1 Å². The van der Waals surface area contributed by atoms with E-state index in [9.17, 15) is 4.39 Å². The molecule has 7 heteroatoms. The number of anilines is 1. The summed E-state index contributed by atoms with van der Waals surface area (Å²) < 4.78 is 21.1. The summed E-state index contributed by atoms with van der Waals surface area (Å²) in [5, 5.41) is 4.16. The molecule has 0 spiro atoms. The Morgan fingerprint density at radius 3 is 2.83 bits per heavy atom. The van der Waals surface area contributed by atoms with Crippen LogP contribution in [0.5, 0.6) is 5.75 Å². The number of benzene rings is 1. The number of nitrogens with two attached hydrogens (primary N) is 1. The van der Waals surface area contributed by atoms with Crippen molar-refractivity contribution in [2.24, 2.45) is 17.8 Å². The van der Waals surface area contributed by atoms with Crippen molar-refractivity contribution < 1.29 is 9.13 Å². The molecule has 0 aliphatic carbocycles. The third-order valence-electron chi connectivity index (χ3n) is 3.71. The summed E-state index contributed by atoms with van der Waals surface area (Å²) in [6.07, 6.45) is 5.71. The Labute approximate surface area is 140 Å². The van der Waals surface area contributed by atoms with Crippen LogP contribution in [0.25, 0.3) is 0 Å². The fraction of sp³-hybridized carbons (Fsp3) is 0.294. The lowest BCUT2D eigenvalue weighted by Gasteiger charge is -2.23. The third-order valence-corrected chi connectivity index (χ3v) is 3.71. The summed E-state index contributed by atoms with van der Waals surface area (Å²) in [5.74, 6) is -0.203. The second kappa shape index (κ2) is 6.84. The van der Waals surface area contributed by atoms with Gasteiger partial charge in [-0.2, -0.15) is 5.10 Å². The van der Waals surface area contributed by atoms with Crippen molar-refractivity contribution in [3.05, 3.63) is 53.7 Å². The third kappa shape index (κ3) is 3.30. The number of hydrogen-bond donors (Lipinski definition) is 1. The van der Waals surface area contributed by atoms with Gasteiger partial charge in [-0.25, -0.2) is 4.39 Å². The highest BCUT2D eigenvalue weighted by Crippen LogP contribution is 2.24. The molecule has 2 N–H and O–H groups in total. The number of aliphatic imine (C=N–C) groups is 1. The Morgan fingerprint density at radius 2 is 2.21 bits per heavy atom. The molecule has 6 nitrogen and oxygen atoms in total. The number of aromatic nitrogens is 2. The lowest BCUT2D eigenvalue weighted by atomic mass is 10.0. The Bertz CT molecular complexity index is 796. The maximum Gasteiger partial charge on any atom is 0.165 e. The molecular formula is C17H20FN5O. The van der Waals surface area contributed by atoms with E-state index >= 15 is 0 Å². The van der Waals surface area contributed by atoms with Gasteiger partial charge in [0.15, 0.2) is 11.6 Å². The molecule has 0 amide bonds. The number of aryl methyl sites for hydroxylation is 1. The lowest BCUT2D eigenvalue weighted by molar-refractivity contribution is 0.311. The van der Waals surface area contributed by atoms with E-state index in [0.717, 1.165) is 22.5 Å². The van der Waals surface area contributed by atoms with Gasteiger partial charge >= 0.3 is 0 Å². The minimum atomic E-state index is -0.411. The van der Waals surface area contributed by atoms with E-state index < -0.39 is 5.82 Å². The van der Waals surface area contributed by atoms with Crippen LogP contribution in [0, 0.1) is 5.82 Å². The van der Waals surface area contributed by atoms with E-state index in [2.05, 4.69) is 10.1 Å². The fourth-order valence-electron chi connectivity index (χ4n) is 2.57. The molecule has 0 unspecified atom stereocenters. The average Bonchev–Trinajstić information content (AvgIpc) is 3.00. The van der Waals surface area contributed by atoms with Crippen molar-refractivity contribution in [2.45, 2.75) is 6.92 Å². The molecular weight excluding hydrogens is 309 g/mol. The van der Waals surface area contributed by atoms with E-state index in [1.165, 1.54) is 6.07 Å². The molecule has 0 bridgehead atoms. The standard InChI is InChI=1S/C17H20FN5O/c1-12-9-23(14-8-21-22(2)10-14)11-20-17(12)13-3-4-16(15(18)7-13)24-6-5-19/h3-4,7-10H,5-6,11,19H2,1-2H3. The van der Waals surface area contributed by atoms with E-state index in [0.29, 0.717) is 13.2 Å². The van der Waals surface area contributed by atoms with Crippen molar-refractivity contribution in [3.8, 4) is 5.75 Å². The summed E-state index contributed by atoms with van der Waals surface area (Å²) in [6.45, 7) is 3.06. The molecule has 0 saturated heterocycles. The number of rotatable bonds is 5. The van der Waals surface area contributed by atoms with Crippen molar-refractivity contribution in [1.29, 1.82) is 0 Å². The van der Waals surface area contributed by atoms with Crippen LogP contribution in [0.15, 0.2) is 47.4 Å². The minimum Gasteiger partial charge on any atom is -0.489 e. The van der Waals surface area contributed by atoms with Crippen LogP contribution < -0.4 is 15.4 Å². The molecule has 1 aromatic heterocycles. The second-order valence-corrected chi connectivity index (χ2v) is 5.58. The highest BCUT2D eigenvalue weighted by atomic mass is 19.1. The Hall–Kier alpha value is -2.67. The highest BCUT2D eigenvalue weighted by Gasteiger charge is 2.17. The number of ether oxygens (including phenoxy) is 1. The van der Waals surface area contributed by atoms with Crippen LogP contribution in [-0.4, -0.2) is 35.3 Å². The Balaban J connectivity index is 1.80. The molecule has 0 atom stereocenters. The first-order valence-corrected chi connectivity index (χ1v) is 7.70. The summed E-state index contributed by atoms with van der Waals surface area (Å²) in [7, 11) is 1.87. The van der Waals surface area contributed by atoms with Gasteiger partial charge in [-0.05, 0) is 30.7 Å². The molecule has 3 rings (SSSR count). The van der Waals surface area contributed by atoms with Crippen molar-refractivity contribution in [1.82, 2.24) is 9.78 Å². The molecule has 0 radical (unpaired) electrons. The van der Waals surface area contributed by atoms with Crippen molar-refractivity contribution >= 4 is 11.4 Å². The van der Waals surface area contributed by atoms with Gasteiger partial charge in [0.05, 0.1) is 17.6 Å². The predicted octanol–water partition coefficient (Wildman–Crippen LogP) is 2.07. The molecule has 1 aromatic carbocycles. The molecule has 1 aliphatic rings. The van der Waals surface area contributed by atoms with Gasteiger partial charge < -0.3 is 15.4 Å². The minimum absolute atomic E-state index is 0.208. The molecule has 0 fully saturated rings. The smallest absolute Gasteiger partial charge is 0.165 e. The van der Waals surface area contributed by atoms with E-state index in [1.807, 2.05) is 37.3 Å². The summed E-state index contributed by atoms with van der Waals surface area (Å²) in [4.78, 5) is 6.59. The SMILES string of the molecule is CC1=CN(c2cnn(C)c2)CN=C1c1ccc(OCCN)c(F)c1. The average molecular weight is 329 g/mol. The first-order valence-electron chi connectivity index (χ1n) is 7.70. The summed E-state index contributed by atoms with van der Waals surface area (Å²) >= 11 is 0. The van der Waals surface area contributed by atoms with Crippen LogP contribution in [0.2, 0.25) is 0 Å². The number of allylic oxidation sites excluding steroid dienone is 1. The van der Waals surface area contributed by atoms with Gasteiger partial charge in [0, 0.05) is 31.6 Å². The molecule has 0 saturated carbocycles. The largest absolute Gasteiger partial charge is 0.489 e. The monoisotopic (exact) mass is 329 g/mol. The molecule has 2 heterocycles. The van der Waals surface area contributed by atoms with E-state index in [-0.39, 0.29) is 12.4 Å². The maximum atomic E-state index is 14.1. The first-order chi connectivity index (χ1) is 11.6. The molecule has 1 aliphatic heterocycles. The van der Waals surface area contributed by atoms with E-state index in [4.69, 9.17) is 10.5 Å². The number of hydrogen-bond acceptors (Lipinski definition) is 5. The quantitative estimate of drug-likeness (QED) is 0.912. The predicted molar refractivity (Wildman–Crippen MR) is 91.8 cm³/mol. The van der Waals surface area contributed by atoms with Crippen molar-refractivity contribution in [3.63, 3.8) is 0 Å². The Morgan fingerprint density at radius 1 is 1.38 bits per heavy atom. The van der Waals surface area contributed by atoms with E-state index in [1.54, 1.807) is 16.9 Å². The second-order valence-electron chi connectivity index (χ2n) is 5.58. The van der Waals surface area contributed by atoms with Crippen LogP contribution in [0.3, 0.4) is 0 Å². The number of nitrogens with zero attached hydrogens (tertiary/aromatic N) is 4. The van der Waals surface area contributed by atoms with Crippen LogP contribution in [-0.2, 0) is 7.05 Å². The van der Waals surface area contributed by atoms with Gasteiger partial charge in [0.1, 0.15) is 13.3 Å². The number of halogens is 1. The lowest BCUT2D eigenvalue weighted by Crippen LogP contribution is -2.24.